The minimum atomic E-state index is -0.751. The van der Waals surface area contributed by atoms with Gasteiger partial charge in [0.05, 0.1) is 11.0 Å². The summed E-state index contributed by atoms with van der Waals surface area (Å²) in [6.45, 7) is 0.973. The molecule has 1 aromatic heterocycles. The zero-order valence-corrected chi connectivity index (χ0v) is 15.6. The molecule has 29 heavy (non-hydrogen) atoms. The number of hydrogen-bond donors (Lipinski definition) is 3. The molecule has 0 saturated carbocycles. The number of aliphatic hydroxyl groups excluding tert-OH is 1. The van der Waals surface area contributed by atoms with Gasteiger partial charge in [0, 0.05) is 5.56 Å². The number of nitrogens with one attached hydrogen (secondary N) is 2. The molecule has 1 amide bonds. The van der Waals surface area contributed by atoms with Gasteiger partial charge in [-0.05, 0) is 31.2 Å². The van der Waals surface area contributed by atoms with Crippen LogP contribution < -0.4 is 5.32 Å². The zero-order chi connectivity index (χ0) is 20.8. The summed E-state index contributed by atoms with van der Waals surface area (Å²) in [7, 11) is 0. The molecule has 8 nitrogen and oxygen atoms in total. The molecule has 0 aliphatic rings. The Hall–Kier alpha value is -4.12. The molecule has 3 rings (SSSR count). The molecule has 0 radical (unpaired) electrons. The van der Waals surface area contributed by atoms with Crippen molar-refractivity contribution in [3.05, 3.63) is 71.2 Å². The van der Waals surface area contributed by atoms with E-state index in [4.69, 9.17) is 4.74 Å². The highest BCUT2D eigenvalue weighted by atomic mass is 16.5. The predicted octanol–water partition coefficient (Wildman–Crippen LogP) is 2.64. The van der Waals surface area contributed by atoms with E-state index in [0.717, 1.165) is 5.56 Å². The fraction of sp³-hybridized carbons (Fsp3) is 0.143. The summed E-state index contributed by atoms with van der Waals surface area (Å²) in [6, 6.07) is 15.9. The maximum Gasteiger partial charge on any atom is 0.325 e. The predicted molar refractivity (Wildman–Crippen MR) is 106 cm³/mol. The maximum absolute atomic E-state index is 12.0. The topological polar surface area (TPSA) is 128 Å². The molecule has 0 aliphatic heterocycles. The Balaban J connectivity index is 1.59. The number of amides is 1. The van der Waals surface area contributed by atoms with Crippen molar-refractivity contribution in [2.24, 2.45) is 0 Å². The number of ether oxygens (including phenoxy) is 1. The minimum Gasteiger partial charge on any atom is -0.507 e. The lowest BCUT2D eigenvalue weighted by Gasteiger charge is -2.07. The molecule has 8 heteroatoms. The molecule has 0 bridgehead atoms. The lowest BCUT2D eigenvalue weighted by molar-refractivity contribution is -0.142. The Morgan fingerprint density at radius 2 is 2.03 bits per heavy atom. The Bertz CT molecular complexity index is 1110. The number of nitrogens with zero attached hydrogens (tertiary/aromatic N) is 2. The van der Waals surface area contributed by atoms with Gasteiger partial charge in [-0.2, -0.15) is 5.26 Å². The quantitative estimate of drug-likeness (QED) is 0.337. The number of para-hydroxylation sites is 2. The number of allylic oxidation sites excluding steroid dienone is 1. The van der Waals surface area contributed by atoms with Crippen LogP contribution in [0.4, 0.5) is 0 Å². The van der Waals surface area contributed by atoms with Gasteiger partial charge in [0.2, 0.25) is 0 Å². The molecule has 0 aliphatic carbocycles. The first-order valence-corrected chi connectivity index (χ1v) is 8.75. The minimum absolute atomic E-state index is 0.127. The normalized spacial score (nSPS) is 11.4. The van der Waals surface area contributed by atoms with Gasteiger partial charge in [-0.25, -0.2) is 4.98 Å². The van der Waals surface area contributed by atoms with Crippen LogP contribution in [0.25, 0.3) is 16.6 Å². The van der Waals surface area contributed by atoms with Crippen molar-refractivity contribution in [1.29, 1.82) is 5.26 Å². The summed E-state index contributed by atoms with van der Waals surface area (Å²) in [4.78, 5) is 31.1. The van der Waals surface area contributed by atoms with Crippen LogP contribution in [0.15, 0.2) is 54.3 Å². The lowest BCUT2D eigenvalue weighted by atomic mass is 10.1. The molecule has 0 saturated heterocycles. The second kappa shape index (κ2) is 8.71. The number of fused-ring (bicyclic) bond motifs is 1. The van der Waals surface area contributed by atoms with E-state index in [1.165, 1.54) is 0 Å². The van der Waals surface area contributed by atoms with Gasteiger partial charge in [-0.3, -0.25) is 9.59 Å². The number of carbonyl (C=O) groups is 2. The molecule has 1 heterocycles. The van der Waals surface area contributed by atoms with E-state index in [9.17, 15) is 20.0 Å². The summed E-state index contributed by atoms with van der Waals surface area (Å²) in [5, 5.41) is 21.9. The van der Waals surface area contributed by atoms with Gasteiger partial charge in [0.25, 0.3) is 5.91 Å². The fourth-order valence-corrected chi connectivity index (χ4v) is 2.64. The summed E-state index contributed by atoms with van der Waals surface area (Å²) in [5.74, 6) is -1.43. The van der Waals surface area contributed by atoms with E-state index in [-0.39, 0.29) is 17.9 Å². The number of esters is 1. The van der Waals surface area contributed by atoms with Crippen molar-refractivity contribution in [2.45, 2.75) is 6.92 Å². The van der Waals surface area contributed by atoms with Crippen LogP contribution in [0.2, 0.25) is 0 Å². The highest BCUT2D eigenvalue weighted by Crippen LogP contribution is 2.18. The third-order valence-electron chi connectivity index (χ3n) is 4.07. The number of aryl methyl sites for hydroxylation is 1. The van der Waals surface area contributed by atoms with Gasteiger partial charge >= 0.3 is 5.97 Å². The van der Waals surface area contributed by atoms with Crippen molar-refractivity contribution in [2.75, 3.05) is 13.2 Å². The number of rotatable bonds is 6. The van der Waals surface area contributed by atoms with Crippen LogP contribution >= 0.6 is 0 Å². The molecular weight excluding hydrogens is 372 g/mol. The van der Waals surface area contributed by atoms with Crippen LogP contribution in [0.3, 0.4) is 0 Å². The molecular formula is C21H18N4O4. The first kappa shape index (κ1) is 19.6. The Morgan fingerprint density at radius 3 is 2.76 bits per heavy atom. The number of H-pyrrole nitrogens is 1. The molecule has 0 spiro atoms. The van der Waals surface area contributed by atoms with Crippen LogP contribution in [0, 0.1) is 18.3 Å². The van der Waals surface area contributed by atoms with Crippen molar-refractivity contribution in [3.8, 4) is 6.07 Å². The Morgan fingerprint density at radius 1 is 1.24 bits per heavy atom. The van der Waals surface area contributed by atoms with Crippen LogP contribution in [0.1, 0.15) is 21.7 Å². The van der Waals surface area contributed by atoms with Crippen LogP contribution in [0.5, 0.6) is 0 Å². The van der Waals surface area contributed by atoms with Gasteiger partial charge in [0.15, 0.2) is 11.6 Å². The number of carbonyl (C=O) groups excluding carboxylic acids is 2. The number of imidazole rings is 1. The second-order valence-electron chi connectivity index (χ2n) is 6.25. The molecule has 0 fully saturated rings. The summed E-state index contributed by atoms with van der Waals surface area (Å²) in [5.41, 5.74) is 2.57. The Kier molecular flexibility index (Phi) is 5.90. The van der Waals surface area contributed by atoms with Gasteiger partial charge < -0.3 is 20.1 Å². The van der Waals surface area contributed by atoms with E-state index >= 15 is 0 Å². The summed E-state index contributed by atoms with van der Waals surface area (Å²) >= 11 is 0. The number of aromatic amines is 1. The molecule has 0 atom stereocenters. The van der Waals surface area contributed by atoms with Crippen LogP contribution in [-0.4, -0.2) is 40.1 Å². The highest BCUT2D eigenvalue weighted by Gasteiger charge is 2.15. The smallest absolute Gasteiger partial charge is 0.325 e. The van der Waals surface area contributed by atoms with Crippen molar-refractivity contribution in [3.63, 3.8) is 0 Å². The maximum atomic E-state index is 12.0. The van der Waals surface area contributed by atoms with E-state index in [2.05, 4.69) is 15.3 Å². The molecule has 0 unspecified atom stereocenters. The average molecular weight is 390 g/mol. The summed E-state index contributed by atoms with van der Waals surface area (Å²) in [6.07, 6.45) is 0. The average Bonchev–Trinajstić information content (AvgIpc) is 3.14. The van der Waals surface area contributed by atoms with Gasteiger partial charge in [-0.1, -0.05) is 29.8 Å². The monoisotopic (exact) mass is 390 g/mol. The second-order valence-corrected chi connectivity index (χ2v) is 6.25. The van der Waals surface area contributed by atoms with Gasteiger partial charge in [0.1, 0.15) is 24.8 Å². The number of benzene rings is 2. The standard InChI is InChI=1S/C21H18N4O4/c1-13-5-4-6-14(9-13)21(28)23-11-19(27)29-12-18(26)15(10-22)20-24-16-7-2-3-8-17(16)25-20/h2-9,26H,11-12H2,1H3,(H,23,28)(H,24,25). The molecule has 2 aromatic carbocycles. The number of aliphatic hydroxyl groups is 1. The van der Waals surface area contributed by atoms with E-state index in [1.54, 1.807) is 36.4 Å². The van der Waals surface area contributed by atoms with Crippen molar-refractivity contribution >= 4 is 28.5 Å². The van der Waals surface area contributed by atoms with Gasteiger partial charge in [-0.15, -0.1) is 0 Å². The highest BCUT2D eigenvalue weighted by molar-refractivity contribution is 5.96. The lowest BCUT2D eigenvalue weighted by Crippen LogP contribution is -2.31. The van der Waals surface area contributed by atoms with Crippen molar-refractivity contribution < 1.29 is 19.4 Å². The SMILES string of the molecule is Cc1cccc(C(=O)NCC(=O)OCC(O)=C(C#N)c2nc3ccccc3[nH]2)c1. The molecule has 146 valence electrons. The summed E-state index contributed by atoms with van der Waals surface area (Å²) < 4.78 is 4.94. The first-order valence-electron chi connectivity index (χ1n) is 8.75. The zero-order valence-electron chi connectivity index (χ0n) is 15.6. The Labute approximate surface area is 166 Å². The number of nitriles is 1. The number of hydrogen-bond acceptors (Lipinski definition) is 6. The third-order valence-corrected chi connectivity index (χ3v) is 4.07. The third kappa shape index (κ3) is 4.78. The van der Waals surface area contributed by atoms with E-state index in [1.807, 2.05) is 25.1 Å². The fourth-order valence-electron chi connectivity index (χ4n) is 2.64. The molecule has 3 N–H and O–H groups in total. The molecule has 3 aromatic rings. The van der Waals surface area contributed by atoms with Crippen molar-refractivity contribution in [1.82, 2.24) is 15.3 Å². The number of aromatic nitrogens is 2. The van der Waals surface area contributed by atoms with E-state index < -0.39 is 24.2 Å². The first-order chi connectivity index (χ1) is 14.0. The van der Waals surface area contributed by atoms with Crippen LogP contribution in [-0.2, 0) is 9.53 Å². The largest absolute Gasteiger partial charge is 0.507 e. The van der Waals surface area contributed by atoms with E-state index in [0.29, 0.717) is 16.6 Å².